The minimum atomic E-state index is -1.22. The highest BCUT2D eigenvalue weighted by molar-refractivity contribution is 6.20. The lowest BCUT2D eigenvalue weighted by Gasteiger charge is -2.47. The van der Waals surface area contributed by atoms with E-state index in [-0.39, 0.29) is 11.9 Å². The first-order valence-corrected chi connectivity index (χ1v) is 9.42. The Hall–Kier alpha value is -2.37. The van der Waals surface area contributed by atoms with Crippen molar-refractivity contribution in [3.05, 3.63) is 29.3 Å². The van der Waals surface area contributed by atoms with Crippen LogP contribution in [0.15, 0.2) is 18.2 Å². The number of barbiturate groups is 1. The fraction of sp³-hybridized carbons (Fsp3) is 0.550. The Bertz CT molecular complexity index is 785. The van der Waals surface area contributed by atoms with Crippen molar-refractivity contribution in [3.63, 3.8) is 0 Å². The third-order valence-electron chi connectivity index (χ3n) is 6.09. The van der Waals surface area contributed by atoms with Crippen molar-refractivity contribution in [2.45, 2.75) is 51.5 Å². The number of anilines is 1. The van der Waals surface area contributed by atoms with Gasteiger partial charge in [0.15, 0.2) is 0 Å². The molecule has 1 N–H and O–H groups in total. The molecule has 138 valence electrons. The zero-order valence-electron chi connectivity index (χ0n) is 15.4. The molecule has 0 radical (unpaired) electrons. The summed E-state index contributed by atoms with van der Waals surface area (Å²) in [6.45, 7) is 2.30. The molecule has 4 rings (SSSR count). The number of carbonyl (C=O) groups is 3. The summed E-state index contributed by atoms with van der Waals surface area (Å²) in [5, 5.41) is 2.48. The van der Waals surface area contributed by atoms with Crippen LogP contribution >= 0.6 is 0 Å². The number of nitrogens with one attached hydrogen (secondary N) is 1. The summed E-state index contributed by atoms with van der Waals surface area (Å²) in [5.41, 5.74) is 1.90. The molecule has 1 aliphatic carbocycles. The highest BCUT2D eigenvalue weighted by atomic mass is 16.2. The van der Waals surface area contributed by atoms with E-state index in [0.29, 0.717) is 13.0 Å². The van der Waals surface area contributed by atoms with Gasteiger partial charge in [-0.2, -0.15) is 0 Å². The molecular formula is C20H25N3O3. The summed E-state index contributed by atoms with van der Waals surface area (Å²) in [6, 6.07) is 5.47. The molecule has 2 fully saturated rings. The van der Waals surface area contributed by atoms with Crippen molar-refractivity contribution in [1.82, 2.24) is 10.2 Å². The lowest BCUT2D eigenvalue weighted by atomic mass is 9.73. The van der Waals surface area contributed by atoms with E-state index in [1.807, 2.05) is 37.1 Å². The van der Waals surface area contributed by atoms with E-state index in [1.54, 1.807) is 0 Å². The molecule has 1 aromatic rings. The fourth-order valence-electron chi connectivity index (χ4n) is 4.76. The van der Waals surface area contributed by atoms with Crippen molar-refractivity contribution < 1.29 is 14.4 Å². The molecule has 0 bridgehead atoms. The average molecular weight is 355 g/mol. The van der Waals surface area contributed by atoms with Crippen LogP contribution in [0, 0.1) is 12.3 Å². The topological polar surface area (TPSA) is 69.7 Å². The van der Waals surface area contributed by atoms with Crippen LogP contribution < -0.4 is 10.2 Å². The van der Waals surface area contributed by atoms with Gasteiger partial charge >= 0.3 is 6.03 Å². The Kier molecular flexibility index (Phi) is 4.01. The summed E-state index contributed by atoms with van der Waals surface area (Å²) in [5.74, 6) is -0.782. The van der Waals surface area contributed by atoms with Crippen LogP contribution in [0.25, 0.3) is 0 Å². The highest BCUT2D eigenvalue weighted by Crippen LogP contribution is 2.40. The molecule has 6 heteroatoms. The van der Waals surface area contributed by atoms with E-state index in [4.69, 9.17) is 0 Å². The van der Waals surface area contributed by atoms with Crippen LogP contribution in [0.4, 0.5) is 10.5 Å². The number of hydrogen-bond donors (Lipinski definition) is 1. The third-order valence-corrected chi connectivity index (χ3v) is 6.09. The molecule has 6 nitrogen and oxygen atoms in total. The summed E-state index contributed by atoms with van der Waals surface area (Å²) in [6.07, 6.45) is 5.17. The Balaban J connectivity index is 1.73. The van der Waals surface area contributed by atoms with Crippen LogP contribution in [0.1, 0.15) is 43.2 Å². The van der Waals surface area contributed by atoms with Gasteiger partial charge in [0, 0.05) is 25.3 Å². The van der Waals surface area contributed by atoms with Crippen LogP contribution in [0.2, 0.25) is 0 Å². The molecule has 4 amide bonds. The number of nitrogens with zero attached hydrogens (tertiary/aromatic N) is 2. The number of carbonyl (C=O) groups excluding carboxylic acids is 3. The molecule has 1 saturated carbocycles. The van der Waals surface area contributed by atoms with Gasteiger partial charge in [0.2, 0.25) is 11.8 Å². The molecule has 0 aromatic heterocycles. The van der Waals surface area contributed by atoms with E-state index in [0.717, 1.165) is 48.9 Å². The van der Waals surface area contributed by atoms with E-state index in [9.17, 15) is 14.4 Å². The van der Waals surface area contributed by atoms with Gasteiger partial charge in [-0.1, -0.05) is 37.0 Å². The second-order valence-corrected chi connectivity index (χ2v) is 7.97. The molecule has 1 atom stereocenters. The van der Waals surface area contributed by atoms with Crippen LogP contribution in [0.5, 0.6) is 0 Å². The molecule has 2 aliphatic heterocycles. The van der Waals surface area contributed by atoms with E-state index in [2.05, 4.69) is 5.32 Å². The number of rotatable bonds is 1. The Labute approximate surface area is 153 Å². The predicted molar refractivity (Wildman–Crippen MR) is 97.8 cm³/mol. The second-order valence-electron chi connectivity index (χ2n) is 7.97. The number of urea groups is 1. The largest absolute Gasteiger partial charge is 0.373 e. The van der Waals surface area contributed by atoms with E-state index < -0.39 is 17.4 Å². The Morgan fingerprint density at radius 2 is 1.85 bits per heavy atom. The van der Waals surface area contributed by atoms with E-state index in [1.165, 1.54) is 4.90 Å². The first kappa shape index (κ1) is 17.1. The lowest BCUT2D eigenvalue weighted by Crippen LogP contribution is -2.70. The third kappa shape index (κ3) is 2.50. The lowest BCUT2D eigenvalue weighted by molar-refractivity contribution is -0.153. The monoisotopic (exact) mass is 355 g/mol. The van der Waals surface area contributed by atoms with Gasteiger partial charge in [0.1, 0.15) is 5.41 Å². The van der Waals surface area contributed by atoms with Gasteiger partial charge in [-0.3, -0.25) is 19.8 Å². The summed E-state index contributed by atoms with van der Waals surface area (Å²) < 4.78 is 0. The summed E-state index contributed by atoms with van der Waals surface area (Å²) in [4.78, 5) is 42.1. The number of imide groups is 2. The van der Waals surface area contributed by atoms with Gasteiger partial charge in [0.05, 0.1) is 0 Å². The van der Waals surface area contributed by atoms with Crippen molar-refractivity contribution >= 4 is 23.5 Å². The minimum Gasteiger partial charge on any atom is -0.373 e. The van der Waals surface area contributed by atoms with Gasteiger partial charge in [-0.15, -0.1) is 0 Å². The number of amides is 4. The summed E-state index contributed by atoms with van der Waals surface area (Å²) in [7, 11) is 1.90. The SMILES string of the molecule is Cc1ccc2c(c1)CC1(CN2C)C(=O)NC(=O)N(C2CCCCC2)C1=O. The molecular weight excluding hydrogens is 330 g/mol. The maximum absolute atomic E-state index is 13.5. The standard InChI is InChI=1S/C20H25N3O3/c1-13-8-9-16-14(10-13)11-20(12-22(16)2)17(24)21-19(26)23(18(20)25)15-6-4-3-5-7-15/h8-10,15H,3-7,11-12H2,1-2H3,(H,21,24,26). The van der Waals surface area contributed by atoms with Gasteiger partial charge in [0.25, 0.3) is 0 Å². The molecule has 1 unspecified atom stereocenters. The highest BCUT2D eigenvalue weighted by Gasteiger charge is 2.57. The normalized spacial score (nSPS) is 26.9. The number of hydrogen-bond acceptors (Lipinski definition) is 4. The van der Waals surface area contributed by atoms with E-state index >= 15 is 0 Å². The van der Waals surface area contributed by atoms with Gasteiger partial charge in [-0.05, 0) is 37.8 Å². The van der Waals surface area contributed by atoms with Crippen molar-refractivity contribution in [2.75, 3.05) is 18.5 Å². The van der Waals surface area contributed by atoms with Gasteiger partial charge < -0.3 is 4.90 Å². The van der Waals surface area contributed by atoms with Crippen molar-refractivity contribution in [2.24, 2.45) is 5.41 Å². The molecule has 3 aliphatic rings. The number of aryl methyl sites for hydroxylation is 1. The van der Waals surface area contributed by atoms with Crippen LogP contribution in [0.3, 0.4) is 0 Å². The second kappa shape index (κ2) is 6.11. The molecule has 1 saturated heterocycles. The maximum atomic E-state index is 13.5. The molecule has 1 aromatic carbocycles. The van der Waals surface area contributed by atoms with Crippen molar-refractivity contribution in [1.29, 1.82) is 0 Å². The fourth-order valence-corrected chi connectivity index (χ4v) is 4.76. The Morgan fingerprint density at radius 3 is 2.58 bits per heavy atom. The zero-order chi connectivity index (χ0) is 18.5. The molecule has 26 heavy (non-hydrogen) atoms. The quantitative estimate of drug-likeness (QED) is 0.786. The Morgan fingerprint density at radius 1 is 1.12 bits per heavy atom. The average Bonchev–Trinajstić information content (AvgIpc) is 2.61. The zero-order valence-corrected chi connectivity index (χ0v) is 15.4. The minimum absolute atomic E-state index is 0.0922. The van der Waals surface area contributed by atoms with Gasteiger partial charge in [-0.25, -0.2) is 4.79 Å². The number of fused-ring (bicyclic) bond motifs is 1. The molecule has 1 spiro atoms. The smallest absolute Gasteiger partial charge is 0.331 e. The number of benzene rings is 1. The first-order valence-electron chi connectivity index (χ1n) is 9.42. The van der Waals surface area contributed by atoms with Crippen LogP contribution in [-0.2, 0) is 16.0 Å². The first-order chi connectivity index (χ1) is 12.4. The summed E-state index contributed by atoms with van der Waals surface area (Å²) >= 11 is 0. The van der Waals surface area contributed by atoms with Crippen molar-refractivity contribution in [3.8, 4) is 0 Å². The predicted octanol–water partition coefficient (Wildman–Crippen LogP) is 2.38. The van der Waals surface area contributed by atoms with Crippen LogP contribution in [-0.4, -0.2) is 42.4 Å². The maximum Gasteiger partial charge on any atom is 0.331 e. The molecule has 2 heterocycles.